The van der Waals surface area contributed by atoms with Crippen LogP contribution in [-0.2, 0) is 6.61 Å². The summed E-state index contributed by atoms with van der Waals surface area (Å²) in [5.41, 5.74) is -0.0620. The molecule has 0 aromatic heterocycles. The van der Waals surface area contributed by atoms with Crippen LogP contribution in [-0.4, -0.2) is 6.98 Å². The first-order valence-corrected chi connectivity index (χ1v) is 6.49. The van der Waals surface area contributed by atoms with Gasteiger partial charge in [-0.3, -0.25) is 0 Å². The standard InChI is InChI=1S/C13H9BCl2F3O.K/c15-12-2-1-3-13(16)11(12)8-20-10-6-4-9(5-7-10)14(17,18)19;/h1-7H,8H2;/q-1;+1. The average molecular weight is 359 g/mol. The van der Waals surface area contributed by atoms with E-state index in [4.69, 9.17) is 27.9 Å². The first kappa shape index (κ1) is 19.4. The molecule has 0 unspecified atom stereocenters. The minimum atomic E-state index is -4.99. The molecule has 0 fully saturated rings. The van der Waals surface area contributed by atoms with Crippen LogP contribution in [0.1, 0.15) is 5.56 Å². The van der Waals surface area contributed by atoms with E-state index in [2.05, 4.69) is 0 Å². The Kier molecular flexibility index (Phi) is 7.60. The molecule has 0 heterocycles. The first-order chi connectivity index (χ1) is 9.38. The number of halogens is 5. The molecule has 0 spiro atoms. The molecule has 0 atom stereocenters. The van der Waals surface area contributed by atoms with Gasteiger partial charge in [0.1, 0.15) is 12.4 Å². The summed E-state index contributed by atoms with van der Waals surface area (Å²) in [7, 11) is 0. The molecule has 2 rings (SSSR count). The van der Waals surface area contributed by atoms with E-state index in [1.807, 2.05) is 0 Å². The Morgan fingerprint density at radius 2 is 1.43 bits per heavy atom. The Bertz CT molecular complexity index is 585. The van der Waals surface area contributed by atoms with Crippen LogP contribution < -0.4 is 61.6 Å². The third-order valence-corrected chi connectivity index (χ3v) is 3.41. The zero-order chi connectivity index (χ0) is 14.8. The van der Waals surface area contributed by atoms with Gasteiger partial charge in [-0.2, -0.15) is 0 Å². The summed E-state index contributed by atoms with van der Waals surface area (Å²) < 4.78 is 42.8. The number of benzene rings is 2. The Morgan fingerprint density at radius 1 is 0.905 bits per heavy atom. The van der Waals surface area contributed by atoms with E-state index < -0.39 is 12.4 Å². The van der Waals surface area contributed by atoms with Gasteiger partial charge in [-0.25, -0.2) is 0 Å². The van der Waals surface area contributed by atoms with E-state index in [0.717, 1.165) is 12.1 Å². The van der Waals surface area contributed by atoms with Gasteiger partial charge in [-0.05, 0) is 24.3 Å². The smallest absolute Gasteiger partial charge is 0.489 e. The van der Waals surface area contributed by atoms with Crippen LogP contribution in [0.5, 0.6) is 5.75 Å². The molecule has 0 aliphatic rings. The van der Waals surface area contributed by atoms with Crippen molar-refractivity contribution in [1.29, 1.82) is 0 Å². The van der Waals surface area contributed by atoms with Gasteiger partial charge in [0.05, 0.1) is 0 Å². The van der Waals surface area contributed by atoms with Crippen molar-refractivity contribution < 1.29 is 69.1 Å². The second-order valence-corrected chi connectivity index (χ2v) is 4.95. The van der Waals surface area contributed by atoms with Gasteiger partial charge >= 0.3 is 58.4 Å². The van der Waals surface area contributed by atoms with E-state index in [0.29, 0.717) is 21.4 Å². The quantitative estimate of drug-likeness (QED) is 0.755. The summed E-state index contributed by atoms with van der Waals surface area (Å²) >= 11 is 11.9. The summed E-state index contributed by atoms with van der Waals surface area (Å²) in [6.07, 6.45) is 0. The Hall–Kier alpha value is 0.311. The van der Waals surface area contributed by atoms with Crippen molar-refractivity contribution in [2.45, 2.75) is 6.61 Å². The summed E-state index contributed by atoms with van der Waals surface area (Å²) in [4.78, 5) is 0. The van der Waals surface area contributed by atoms with Crippen molar-refractivity contribution in [2.24, 2.45) is 0 Å². The molecule has 0 amide bonds. The van der Waals surface area contributed by atoms with Crippen LogP contribution >= 0.6 is 23.2 Å². The number of ether oxygens (including phenoxy) is 1. The molecule has 0 N–H and O–H groups in total. The summed E-state index contributed by atoms with van der Waals surface area (Å²) in [5.74, 6) is 0.324. The second-order valence-electron chi connectivity index (χ2n) is 4.13. The van der Waals surface area contributed by atoms with Crippen LogP contribution in [0, 0.1) is 0 Å². The van der Waals surface area contributed by atoms with Crippen LogP contribution in [0.25, 0.3) is 0 Å². The molecule has 0 aliphatic heterocycles. The topological polar surface area (TPSA) is 9.23 Å². The van der Waals surface area contributed by atoms with Crippen molar-refractivity contribution in [1.82, 2.24) is 0 Å². The van der Waals surface area contributed by atoms with Crippen molar-refractivity contribution in [3.63, 3.8) is 0 Å². The molecule has 0 bridgehead atoms. The SMILES string of the molecule is F[B-](F)(F)c1ccc(OCc2c(Cl)cccc2Cl)cc1.[K+]. The van der Waals surface area contributed by atoms with Crippen molar-refractivity contribution in [3.05, 3.63) is 58.1 Å². The maximum Gasteiger partial charge on any atom is 1.00 e. The Balaban J connectivity index is 0.00000220. The molecule has 106 valence electrons. The van der Waals surface area contributed by atoms with E-state index in [1.54, 1.807) is 18.2 Å². The van der Waals surface area contributed by atoms with Gasteiger partial charge < -0.3 is 17.7 Å². The fourth-order valence-electron chi connectivity index (χ4n) is 1.61. The van der Waals surface area contributed by atoms with Crippen LogP contribution in [0.2, 0.25) is 10.0 Å². The van der Waals surface area contributed by atoms with Gasteiger partial charge in [0.25, 0.3) is 0 Å². The Labute approximate surface area is 173 Å². The molecule has 0 radical (unpaired) electrons. The van der Waals surface area contributed by atoms with Gasteiger partial charge in [0.2, 0.25) is 0 Å². The molecule has 2 aromatic rings. The Morgan fingerprint density at radius 3 is 1.90 bits per heavy atom. The zero-order valence-electron chi connectivity index (χ0n) is 11.1. The first-order valence-electron chi connectivity index (χ1n) is 5.73. The molecule has 0 saturated carbocycles. The molecule has 8 heteroatoms. The van der Waals surface area contributed by atoms with E-state index in [-0.39, 0.29) is 58.0 Å². The fourth-order valence-corrected chi connectivity index (χ4v) is 2.11. The maximum absolute atomic E-state index is 12.5. The predicted molar refractivity (Wildman–Crippen MR) is 75.9 cm³/mol. The summed E-state index contributed by atoms with van der Waals surface area (Å²) in [6.45, 7) is -4.90. The minimum absolute atomic E-state index is 0. The van der Waals surface area contributed by atoms with Crippen LogP contribution in [0.3, 0.4) is 0 Å². The van der Waals surface area contributed by atoms with Gasteiger partial charge in [0.15, 0.2) is 0 Å². The summed E-state index contributed by atoms with van der Waals surface area (Å²) in [6, 6.07) is 9.56. The number of hydrogen-bond donors (Lipinski definition) is 0. The van der Waals surface area contributed by atoms with Crippen LogP contribution in [0.4, 0.5) is 12.9 Å². The van der Waals surface area contributed by atoms with Gasteiger partial charge in [-0.15, -0.1) is 5.46 Å². The molecule has 2 aromatic carbocycles. The van der Waals surface area contributed by atoms with E-state index in [9.17, 15) is 12.9 Å². The zero-order valence-corrected chi connectivity index (χ0v) is 15.8. The third-order valence-electron chi connectivity index (χ3n) is 2.70. The molecule has 0 aliphatic carbocycles. The minimum Gasteiger partial charge on any atom is -0.489 e. The normalized spacial score (nSPS) is 10.9. The molecule has 0 saturated heterocycles. The van der Waals surface area contributed by atoms with E-state index in [1.165, 1.54) is 12.1 Å². The molecule has 21 heavy (non-hydrogen) atoms. The van der Waals surface area contributed by atoms with Crippen LogP contribution in [0.15, 0.2) is 42.5 Å². The second kappa shape index (κ2) is 8.24. The molecular weight excluding hydrogens is 350 g/mol. The van der Waals surface area contributed by atoms with E-state index >= 15 is 0 Å². The molecule has 1 nitrogen and oxygen atoms in total. The predicted octanol–water partition coefficient (Wildman–Crippen LogP) is 1.63. The maximum atomic E-state index is 12.5. The fraction of sp³-hybridized carbons (Fsp3) is 0.0769. The largest absolute Gasteiger partial charge is 1.00 e. The monoisotopic (exact) mass is 358 g/mol. The van der Waals surface area contributed by atoms with Gasteiger partial charge in [-0.1, -0.05) is 41.4 Å². The molecular formula is C13H9BCl2F3KO. The number of hydrogen-bond acceptors (Lipinski definition) is 1. The number of rotatable bonds is 4. The van der Waals surface area contributed by atoms with Gasteiger partial charge in [0, 0.05) is 15.6 Å². The van der Waals surface area contributed by atoms with Crippen molar-refractivity contribution in [2.75, 3.05) is 0 Å². The average Bonchev–Trinajstić information content (AvgIpc) is 2.37. The van der Waals surface area contributed by atoms with Crippen molar-refractivity contribution in [3.8, 4) is 5.75 Å². The summed E-state index contributed by atoms with van der Waals surface area (Å²) in [5, 5.41) is 0.903. The third kappa shape index (κ3) is 5.46. The van der Waals surface area contributed by atoms with Crippen molar-refractivity contribution >= 4 is 35.6 Å².